The monoisotopic (exact) mass is 161 g/mol. The number of nitrogens with zero attached hydrogens (tertiary/aromatic N) is 1. The molecule has 0 aromatic carbocycles. The molecule has 54 valence electrons. The van der Waals surface area contributed by atoms with Crippen LogP contribution in [0, 0.1) is 0 Å². The molecule has 0 aliphatic carbocycles. The van der Waals surface area contributed by atoms with Crippen molar-refractivity contribution in [3.05, 3.63) is 11.3 Å². The number of rotatable bonds is 1. The first-order chi connectivity index (χ1) is 4.70. The zero-order valence-electron chi connectivity index (χ0n) is 4.80. The average Bonchev–Trinajstić information content (AvgIpc) is 2.15. The third kappa shape index (κ3) is 1.38. The number of hydrogen-bond donors (Lipinski definition) is 2. The fourth-order valence-electron chi connectivity index (χ4n) is 0.439. The van der Waals surface area contributed by atoms with Gasteiger partial charge in [0.1, 0.15) is 0 Å². The minimum absolute atomic E-state index is 0.133. The maximum Gasteiger partial charge on any atom is 0.410 e. The Labute approximate surface area is 61.1 Å². The second kappa shape index (κ2) is 2.57. The number of primary amides is 1. The smallest absolute Gasteiger partial charge is 0.405 e. The van der Waals surface area contributed by atoms with Crippen LogP contribution in [-0.2, 0) is 0 Å². The lowest BCUT2D eigenvalue weighted by Crippen LogP contribution is -2.15. The normalized spacial score (nSPS) is 9.30. The fraction of sp³-hybridized carbons (Fsp3) is 0. The minimum atomic E-state index is -0.914. The molecule has 0 fully saturated rings. The minimum Gasteiger partial charge on any atom is -0.405 e. The maximum absolute atomic E-state index is 10.1. The topological polar surface area (TPSA) is 81.0 Å². The lowest BCUT2D eigenvalue weighted by atomic mass is 10.7. The third-order valence-corrected chi connectivity index (χ3v) is 1.04. The van der Waals surface area contributed by atoms with Gasteiger partial charge in [-0.05, 0) is 0 Å². The van der Waals surface area contributed by atoms with E-state index in [1.807, 2.05) is 0 Å². The molecule has 5 nitrogen and oxygen atoms in total. The van der Waals surface area contributed by atoms with Crippen LogP contribution in [0.1, 0.15) is 0 Å². The fourth-order valence-corrected chi connectivity index (χ4v) is 0.575. The molecule has 0 radical (unpaired) electrons. The predicted octanol–water partition coefficient (Wildman–Crippen LogP) is 0.521. The third-order valence-electron chi connectivity index (χ3n) is 0.771. The molecule has 0 aliphatic rings. The number of hydrogen-bond acceptors (Lipinski definition) is 3. The summed E-state index contributed by atoms with van der Waals surface area (Å²) in [7, 11) is 0. The van der Waals surface area contributed by atoms with Gasteiger partial charge < -0.3 is 10.5 Å². The molecule has 0 bridgehead atoms. The number of ether oxygens (including phenoxy) is 1. The zero-order valence-corrected chi connectivity index (χ0v) is 5.55. The zero-order chi connectivity index (χ0) is 7.56. The quantitative estimate of drug-likeness (QED) is 0.630. The summed E-state index contributed by atoms with van der Waals surface area (Å²) in [4.78, 5) is 10.1. The van der Waals surface area contributed by atoms with Crippen molar-refractivity contribution in [2.45, 2.75) is 0 Å². The van der Waals surface area contributed by atoms with Gasteiger partial charge in [-0.3, -0.25) is 5.10 Å². The molecular formula is C4H4ClN3O2. The summed E-state index contributed by atoms with van der Waals surface area (Å²) in [6, 6.07) is 0. The van der Waals surface area contributed by atoms with Crippen LogP contribution in [0.5, 0.6) is 5.75 Å². The van der Waals surface area contributed by atoms with Gasteiger partial charge in [-0.15, -0.1) is 0 Å². The van der Waals surface area contributed by atoms with E-state index < -0.39 is 6.09 Å². The van der Waals surface area contributed by atoms with Gasteiger partial charge in [0.15, 0.2) is 10.9 Å². The first kappa shape index (κ1) is 6.88. The molecule has 0 saturated carbocycles. The molecule has 6 heteroatoms. The van der Waals surface area contributed by atoms with Gasteiger partial charge in [-0.1, -0.05) is 11.6 Å². The summed E-state index contributed by atoms with van der Waals surface area (Å²) < 4.78 is 4.40. The van der Waals surface area contributed by atoms with E-state index >= 15 is 0 Å². The summed E-state index contributed by atoms with van der Waals surface area (Å²) >= 11 is 5.43. The summed E-state index contributed by atoms with van der Waals surface area (Å²) in [6.07, 6.45) is 0.343. The number of aromatic nitrogens is 2. The molecule has 10 heavy (non-hydrogen) atoms. The van der Waals surface area contributed by atoms with Crippen molar-refractivity contribution in [2.75, 3.05) is 0 Å². The van der Waals surface area contributed by atoms with E-state index in [-0.39, 0.29) is 10.9 Å². The van der Waals surface area contributed by atoms with E-state index in [1.54, 1.807) is 0 Å². The van der Waals surface area contributed by atoms with Crippen molar-refractivity contribution in [1.82, 2.24) is 10.2 Å². The van der Waals surface area contributed by atoms with Gasteiger partial charge in [-0.2, -0.15) is 5.10 Å². The predicted molar refractivity (Wildman–Crippen MR) is 33.8 cm³/mol. The number of nitrogens with two attached hydrogens (primary N) is 1. The summed E-state index contributed by atoms with van der Waals surface area (Å²) in [5.41, 5.74) is 4.69. The number of H-pyrrole nitrogens is 1. The Morgan fingerprint density at radius 1 is 1.90 bits per heavy atom. The van der Waals surface area contributed by atoms with Crippen LogP contribution < -0.4 is 10.5 Å². The highest BCUT2D eigenvalue weighted by atomic mass is 35.5. The Balaban J connectivity index is 2.74. The van der Waals surface area contributed by atoms with Crippen molar-refractivity contribution < 1.29 is 9.53 Å². The lowest BCUT2D eigenvalue weighted by Gasteiger charge is -1.93. The number of halogens is 1. The number of nitrogens with one attached hydrogen (secondary N) is 1. The molecule has 1 amide bonds. The molecule has 0 aliphatic heterocycles. The Bertz CT molecular complexity index is 246. The number of amides is 1. The van der Waals surface area contributed by atoms with Crippen LogP contribution in [0.25, 0.3) is 0 Å². The van der Waals surface area contributed by atoms with Crippen molar-refractivity contribution in [1.29, 1.82) is 0 Å². The van der Waals surface area contributed by atoms with Gasteiger partial charge in [-0.25, -0.2) is 4.79 Å². The van der Waals surface area contributed by atoms with Crippen LogP contribution in [0.3, 0.4) is 0 Å². The molecule has 0 saturated heterocycles. The first-order valence-electron chi connectivity index (χ1n) is 2.36. The lowest BCUT2D eigenvalue weighted by molar-refractivity contribution is 0.211. The molecular weight excluding hydrogens is 158 g/mol. The van der Waals surface area contributed by atoms with Crippen molar-refractivity contribution in [3.63, 3.8) is 0 Å². The average molecular weight is 162 g/mol. The second-order valence-electron chi connectivity index (χ2n) is 1.47. The molecule has 1 rings (SSSR count). The molecule has 0 spiro atoms. The van der Waals surface area contributed by atoms with E-state index in [1.165, 1.54) is 6.20 Å². The molecule has 0 atom stereocenters. The van der Waals surface area contributed by atoms with Crippen molar-refractivity contribution in [3.8, 4) is 5.75 Å². The Morgan fingerprint density at radius 3 is 3.00 bits per heavy atom. The standard InChI is InChI=1S/C4H4ClN3O2/c5-3-2(1-7-8-3)10-4(6)9/h1H,(H2,6,9)(H,7,8). The number of carbonyl (C=O) groups excluding carboxylic acids is 1. The van der Waals surface area contributed by atoms with Gasteiger partial charge in [0.05, 0.1) is 6.20 Å². The van der Waals surface area contributed by atoms with Crippen LogP contribution in [0.15, 0.2) is 6.20 Å². The second-order valence-corrected chi connectivity index (χ2v) is 1.85. The molecule has 3 N–H and O–H groups in total. The van der Waals surface area contributed by atoms with Gasteiger partial charge in [0.25, 0.3) is 0 Å². The SMILES string of the molecule is NC(=O)Oc1cn[nH]c1Cl. The molecule has 1 aromatic rings. The van der Waals surface area contributed by atoms with Gasteiger partial charge in [0, 0.05) is 0 Å². The van der Waals surface area contributed by atoms with E-state index in [0.29, 0.717) is 0 Å². The Kier molecular flexibility index (Phi) is 1.77. The molecule has 1 heterocycles. The van der Waals surface area contributed by atoms with Gasteiger partial charge in [0.2, 0.25) is 0 Å². The first-order valence-corrected chi connectivity index (χ1v) is 2.74. The van der Waals surface area contributed by atoms with Crippen LogP contribution in [-0.4, -0.2) is 16.3 Å². The highest BCUT2D eigenvalue weighted by molar-refractivity contribution is 6.30. The highest BCUT2D eigenvalue weighted by Gasteiger charge is 2.04. The van der Waals surface area contributed by atoms with E-state index in [9.17, 15) is 4.79 Å². The largest absolute Gasteiger partial charge is 0.410 e. The van der Waals surface area contributed by atoms with Crippen LogP contribution in [0.2, 0.25) is 5.15 Å². The molecule has 0 unspecified atom stereocenters. The van der Waals surface area contributed by atoms with Crippen molar-refractivity contribution >= 4 is 17.7 Å². The number of aromatic amines is 1. The Morgan fingerprint density at radius 2 is 2.60 bits per heavy atom. The van der Waals surface area contributed by atoms with Crippen LogP contribution >= 0.6 is 11.6 Å². The van der Waals surface area contributed by atoms with Gasteiger partial charge >= 0.3 is 6.09 Å². The van der Waals surface area contributed by atoms with Crippen molar-refractivity contribution in [2.24, 2.45) is 5.73 Å². The summed E-state index contributed by atoms with van der Waals surface area (Å²) in [5.74, 6) is 0.133. The molecule has 1 aromatic heterocycles. The summed E-state index contributed by atoms with van der Waals surface area (Å²) in [5, 5.41) is 5.99. The van der Waals surface area contributed by atoms with E-state index in [0.717, 1.165) is 0 Å². The number of carbonyl (C=O) groups is 1. The Hall–Kier alpha value is -1.23. The van der Waals surface area contributed by atoms with E-state index in [2.05, 4.69) is 14.9 Å². The highest BCUT2D eigenvalue weighted by Crippen LogP contribution is 2.19. The summed E-state index contributed by atoms with van der Waals surface area (Å²) in [6.45, 7) is 0. The maximum atomic E-state index is 10.1. The van der Waals surface area contributed by atoms with Crippen LogP contribution in [0.4, 0.5) is 4.79 Å². The van der Waals surface area contributed by atoms with E-state index in [4.69, 9.17) is 17.3 Å².